The first kappa shape index (κ1) is 20.6. The molecule has 2 amide bonds. The second-order valence-electron chi connectivity index (χ2n) is 6.96. The molecule has 0 aliphatic carbocycles. The third-order valence-electron chi connectivity index (χ3n) is 5.22. The molecule has 0 saturated carbocycles. The SMILES string of the molecule is CCN1CCc2c(sc(-n3cccc3)c2CNC(=O)Nc2ccsc2C(=O)OC)C1. The van der Waals surface area contributed by atoms with Crippen molar-refractivity contribution in [2.45, 2.75) is 26.4 Å². The number of amides is 2. The van der Waals surface area contributed by atoms with Crippen LogP contribution in [-0.2, 0) is 24.2 Å². The summed E-state index contributed by atoms with van der Waals surface area (Å²) in [7, 11) is 1.33. The van der Waals surface area contributed by atoms with Crippen LogP contribution in [0, 0.1) is 0 Å². The Morgan fingerprint density at radius 3 is 2.80 bits per heavy atom. The van der Waals surface area contributed by atoms with Gasteiger partial charge in [0.2, 0.25) is 0 Å². The van der Waals surface area contributed by atoms with Crippen molar-refractivity contribution in [1.29, 1.82) is 0 Å². The van der Waals surface area contributed by atoms with Gasteiger partial charge in [-0.2, -0.15) is 0 Å². The molecule has 158 valence electrons. The minimum atomic E-state index is -0.456. The van der Waals surface area contributed by atoms with E-state index >= 15 is 0 Å². The smallest absolute Gasteiger partial charge is 0.350 e. The highest BCUT2D eigenvalue weighted by molar-refractivity contribution is 7.15. The number of urea groups is 1. The summed E-state index contributed by atoms with van der Waals surface area (Å²) in [5.41, 5.74) is 2.97. The van der Waals surface area contributed by atoms with Crippen LogP contribution in [0.2, 0.25) is 0 Å². The van der Waals surface area contributed by atoms with Crippen LogP contribution in [0.25, 0.3) is 5.00 Å². The molecular weight excluding hydrogens is 420 g/mol. The fourth-order valence-electron chi connectivity index (χ4n) is 3.63. The average Bonchev–Trinajstić information content (AvgIpc) is 3.50. The monoisotopic (exact) mass is 444 g/mol. The van der Waals surface area contributed by atoms with E-state index in [1.807, 2.05) is 24.5 Å². The molecule has 0 radical (unpaired) electrons. The van der Waals surface area contributed by atoms with Crippen molar-refractivity contribution in [3.05, 3.63) is 56.9 Å². The maximum atomic E-state index is 12.6. The van der Waals surface area contributed by atoms with Gasteiger partial charge in [0.15, 0.2) is 0 Å². The number of methoxy groups -OCH3 is 1. The molecule has 0 fully saturated rings. The van der Waals surface area contributed by atoms with E-state index in [-0.39, 0.29) is 6.03 Å². The third kappa shape index (κ3) is 4.14. The van der Waals surface area contributed by atoms with Gasteiger partial charge in [-0.15, -0.1) is 22.7 Å². The van der Waals surface area contributed by atoms with Gasteiger partial charge in [0, 0.05) is 42.5 Å². The number of fused-ring (bicyclic) bond motifs is 1. The number of esters is 1. The number of carbonyl (C=O) groups is 2. The van der Waals surface area contributed by atoms with Crippen molar-refractivity contribution >= 4 is 40.4 Å². The molecule has 0 atom stereocenters. The van der Waals surface area contributed by atoms with Crippen LogP contribution < -0.4 is 10.6 Å². The van der Waals surface area contributed by atoms with Gasteiger partial charge in [0.25, 0.3) is 0 Å². The molecule has 0 spiro atoms. The molecule has 9 heteroatoms. The number of thiophene rings is 2. The first-order chi connectivity index (χ1) is 14.6. The zero-order valence-electron chi connectivity index (χ0n) is 16.9. The van der Waals surface area contributed by atoms with Gasteiger partial charge in [-0.25, -0.2) is 9.59 Å². The highest BCUT2D eigenvalue weighted by atomic mass is 32.1. The minimum absolute atomic E-state index is 0.344. The fraction of sp³-hybridized carbons (Fsp3) is 0.333. The predicted molar refractivity (Wildman–Crippen MR) is 120 cm³/mol. The molecule has 0 bridgehead atoms. The number of nitrogens with zero attached hydrogens (tertiary/aromatic N) is 2. The normalized spacial score (nSPS) is 13.7. The van der Waals surface area contributed by atoms with E-state index in [0.29, 0.717) is 17.1 Å². The number of hydrogen-bond donors (Lipinski definition) is 2. The number of rotatable bonds is 6. The third-order valence-corrected chi connectivity index (χ3v) is 7.39. The Hall–Kier alpha value is -2.62. The van der Waals surface area contributed by atoms with Crippen molar-refractivity contribution in [1.82, 2.24) is 14.8 Å². The van der Waals surface area contributed by atoms with E-state index in [4.69, 9.17) is 4.74 Å². The van der Waals surface area contributed by atoms with Crippen LogP contribution in [0.1, 0.15) is 32.6 Å². The van der Waals surface area contributed by atoms with E-state index in [9.17, 15) is 9.59 Å². The number of anilines is 1. The minimum Gasteiger partial charge on any atom is -0.465 e. The summed E-state index contributed by atoms with van der Waals surface area (Å²) < 4.78 is 6.88. The molecule has 4 rings (SSSR count). The first-order valence-electron chi connectivity index (χ1n) is 9.80. The highest BCUT2D eigenvalue weighted by Gasteiger charge is 2.25. The van der Waals surface area contributed by atoms with Crippen molar-refractivity contribution < 1.29 is 14.3 Å². The molecule has 0 saturated heterocycles. The number of nitrogens with one attached hydrogen (secondary N) is 2. The molecule has 30 heavy (non-hydrogen) atoms. The maximum Gasteiger partial charge on any atom is 0.350 e. The number of ether oxygens (including phenoxy) is 1. The predicted octanol–water partition coefficient (Wildman–Crippen LogP) is 4.09. The molecule has 1 aliphatic rings. The van der Waals surface area contributed by atoms with E-state index in [0.717, 1.165) is 36.6 Å². The zero-order valence-corrected chi connectivity index (χ0v) is 18.6. The lowest BCUT2D eigenvalue weighted by atomic mass is 10.0. The summed E-state index contributed by atoms with van der Waals surface area (Å²) in [5, 5.41) is 8.63. The quantitative estimate of drug-likeness (QED) is 0.562. The van der Waals surface area contributed by atoms with Gasteiger partial charge < -0.3 is 19.9 Å². The summed E-state index contributed by atoms with van der Waals surface area (Å²) in [4.78, 5) is 28.6. The second kappa shape index (κ2) is 9.03. The van der Waals surface area contributed by atoms with Crippen molar-refractivity contribution in [2.24, 2.45) is 0 Å². The van der Waals surface area contributed by atoms with Crippen LogP contribution in [0.15, 0.2) is 36.0 Å². The molecule has 3 aromatic heterocycles. The fourth-order valence-corrected chi connectivity index (χ4v) is 5.77. The highest BCUT2D eigenvalue weighted by Crippen LogP contribution is 2.36. The summed E-state index contributed by atoms with van der Waals surface area (Å²) >= 11 is 3.03. The van der Waals surface area contributed by atoms with Crippen molar-refractivity contribution in [3.63, 3.8) is 0 Å². The lowest BCUT2D eigenvalue weighted by molar-refractivity contribution is 0.0607. The molecule has 3 aromatic rings. The first-order valence-corrected chi connectivity index (χ1v) is 11.5. The molecule has 0 unspecified atom stereocenters. The summed E-state index contributed by atoms with van der Waals surface area (Å²) in [6.07, 6.45) is 5.05. The Kier molecular flexibility index (Phi) is 6.21. The number of likely N-dealkylation sites (N-methyl/N-ethyl adjacent to an activating group) is 1. The van der Waals surface area contributed by atoms with E-state index in [1.54, 1.807) is 22.8 Å². The molecule has 2 N–H and O–H groups in total. The Morgan fingerprint density at radius 2 is 2.07 bits per heavy atom. The van der Waals surface area contributed by atoms with E-state index in [1.165, 1.54) is 28.9 Å². The van der Waals surface area contributed by atoms with E-state index in [2.05, 4.69) is 27.0 Å². The molecular formula is C21H24N4O3S2. The number of hydrogen-bond acceptors (Lipinski definition) is 6. The maximum absolute atomic E-state index is 12.6. The van der Waals surface area contributed by atoms with Crippen LogP contribution >= 0.6 is 22.7 Å². The standard InChI is InChI=1S/C21H24N4O3S2/c1-3-24-10-6-14-15(19(30-17(14)13-24)25-8-4-5-9-25)12-22-21(27)23-16-7-11-29-18(16)20(26)28-2/h4-5,7-9,11H,3,6,10,12-13H2,1-2H3,(H2,22,23,27). The largest absolute Gasteiger partial charge is 0.465 e. The zero-order chi connectivity index (χ0) is 21.1. The number of aromatic nitrogens is 1. The topological polar surface area (TPSA) is 75.6 Å². The lowest BCUT2D eigenvalue weighted by Crippen LogP contribution is -2.31. The van der Waals surface area contributed by atoms with Crippen LogP contribution in [-0.4, -0.2) is 41.7 Å². The lowest BCUT2D eigenvalue weighted by Gasteiger charge is -2.25. The summed E-state index contributed by atoms with van der Waals surface area (Å²) in [6, 6.07) is 5.37. The second-order valence-corrected chi connectivity index (χ2v) is 8.96. The van der Waals surface area contributed by atoms with Gasteiger partial charge in [0.1, 0.15) is 9.88 Å². The Labute approximate surface area is 183 Å². The van der Waals surface area contributed by atoms with Crippen molar-refractivity contribution in [3.8, 4) is 5.00 Å². The van der Waals surface area contributed by atoms with Crippen LogP contribution in [0.4, 0.5) is 10.5 Å². The van der Waals surface area contributed by atoms with E-state index < -0.39 is 5.97 Å². The Bertz CT molecular complexity index is 1040. The molecule has 0 aromatic carbocycles. The van der Waals surface area contributed by atoms with Gasteiger partial charge in [-0.1, -0.05) is 6.92 Å². The molecule has 7 nitrogen and oxygen atoms in total. The number of carbonyl (C=O) groups excluding carboxylic acids is 2. The van der Waals surface area contributed by atoms with Gasteiger partial charge in [0.05, 0.1) is 12.8 Å². The summed E-state index contributed by atoms with van der Waals surface area (Å²) in [6.45, 7) is 5.63. The molecule has 1 aliphatic heterocycles. The molecule has 4 heterocycles. The summed E-state index contributed by atoms with van der Waals surface area (Å²) in [5.74, 6) is -0.456. The average molecular weight is 445 g/mol. The van der Waals surface area contributed by atoms with Crippen LogP contribution in [0.5, 0.6) is 0 Å². The Balaban J connectivity index is 1.52. The van der Waals surface area contributed by atoms with Crippen LogP contribution in [0.3, 0.4) is 0 Å². The van der Waals surface area contributed by atoms with Crippen molar-refractivity contribution in [2.75, 3.05) is 25.5 Å². The van der Waals surface area contributed by atoms with Gasteiger partial charge in [-0.05, 0) is 42.1 Å². The Morgan fingerprint density at radius 1 is 1.27 bits per heavy atom. The van der Waals surface area contributed by atoms with Gasteiger partial charge in [-0.3, -0.25) is 4.90 Å². The van der Waals surface area contributed by atoms with Gasteiger partial charge >= 0.3 is 12.0 Å².